The van der Waals surface area contributed by atoms with Crippen molar-refractivity contribution >= 4 is 22.0 Å². The van der Waals surface area contributed by atoms with Gasteiger partial charge in [0, 0.05) is 4.47 Å². The molecule has 110 valence electrons. The summed E-state index contributed by atoms with van der Waals surface area (Å²) in [6.07, 6.45) is -2.78. The largest absolute Gasteiger partial charge is 0.425 e. The Bertz CT molecular complexity index is 620. The van der Waals surface area contributed by atoms with E-state index < -0.39 is 11.8 Å². The monoisotopic (exact) mass is 356 g/mol. The van der Waals surface area contributed by atoms with E-state index in [9.17, 15) is 18.3 Å². The van der Waals surface area contributed by atoms with E-state index in [0.29, 0.717) is 10.0 Å². The molecule has 21 heavy (non-hydrogen) atoms. The van der Waals surface area contributed by atoms with Crippen LogP contribution in [0.2, 0.25) is 0 Å². The van der Waals surface area contributed by atoms with Gasteiger partial charge in [0.15, 0.2) is 0 Å². The molecule has 1 N–H and O–H groups in total. The molecule has 0 saturated heterocycles. The number of benzene rings is 2. The molecule has 0 aliphatic rings. The zero-order chi connectivity index (χ0) is 15.5. The van der Waals surface area contributed by atoms with Crippen LogP contribution in [0.1, 0.15) is 11.1 Å². The summed E-state index contributed by atoms with van der Waals surface area (Å²) in [5, 5.41) is 10.1. The minimum atomic E-state index is -4.81. The Balaban J connectivity index is 2.43. The molecule has 1 unspecified atom stereocenters. The molecular formula is C16H12BrF3O. The van der Waals surface area contributed by atoms with E-state index in [1.54, 1.807) is 30.3 Å². The Morgan fingerprint density at radius 2 is 1.48 bits per heavy atom. The molecule has 0 heterocycles. The smallest absolute Gasteiger partial charge is 0.373 e. The molecule has 0 radical (unpaired) electrons. The predicted octanol–water partition coefficient (Wildman–Crippen LogP) is 4.91. The topological polar surface area (TPSA) is 20.2 Å². The maximum atomic E-state index is 13.3. The SMILES string of the molecule is OC(C=Cc1ccccc1)(c1ccc(Br)cc1)C(F)(F)F. The van der Waals surface area contributed by atoms with E-state index in [1.165, 1.54) is 30.3 Å². The Labute approximate surface area is 128 Å². The third-order valence-electron chi connectivity index (χ3n) is 3.03. The molecule has 0 aromatic heterocycles. The highest BCUT2D eigenvalue weighted by Crippen LogP contribution is 2.40. The van der Waals surface area contributed by atoms with E-state index in [1.807, 2.05) is 0 Å². The summed E-state index contributed by atoms with van der Waals surface area (Å²) in [6, 6.07) is 13.9. The van der Waals surface area contributed by atoms with Crippen LogP contribution in [0.5, 0.6) is 0 Å². The van der Waals surface area contributed by atoms with Crippen molar-refractivity contribution in [2.45, 2.75) is 11.8 Å². The highest BCUT2D eigenvalue weighted by molar-refractivity contribution is 9.10. The van der Waals surface area contributed by atoms with Gasteiger partial charge in [-0.15, -0.1) is 0 Å². The summed E-state index contributed by atoms with van der Waals surface area (Å²) in [5.74, 6) is 0. The Hall–Kier alpha value is -1.59. The second-order valence-corrected chi connectivity index (χ2v) is 5.43. The fourth-order valence-corrected chi connectivity index (χ4v) is 2.10. The minimum absolute atomic E-state index is 0.231. The normalized spacial score (nSPS) is 15.1. The van der Waals surface area contributed by atoms with E-state index in [2.05, 4.69) is 15.9 Å². The number of alkyl halides is 3. The van der Waals surface area contributed by atoms with Crippen molar-refractivity contribution < 1.29 is 18.3 Å². The molecule has 0 spiro atoms. The molecule has 0 bridgehead atoms. The van der Waals surface area contributed by atoms with Crippen LogP contribution in [-0.4, -0.2) is 11.3 Å². The van der Waals surface area contributed by atoms with Gasteiger partial charge in [0.05, 0.1) is 0 Å². The first-order valence-electron chi connectivity index (χ1n) is 6.12. The molecule has 0 saturated carbocycles. The van der Waals surface area contributed by atoms with E-state index in [-0.39, 0.29) is 5.56 Å². The average Bonchev–Trinajstić information content (AvgIpc) is 2.45. The van der Waals surface area contributed by atoms with Crippen LogP contribution in [0.15, 0.2) is 65.1 Å². The number of hydrogen-bond donors (Lipinski definition) is 1. The van der Waals surface area contributed by atoms with Gasteiger partial charge in [-0.2, -0.15) is 13.2 Å². The van der Waals surface area contributed by atoms with Crippen molar-refractivity contribution in [2.75, 3.05) is 0 Å². The maximum Gasteiger partial charge on any atom is 0.425 e. The fraction of sp³-hybridized carbons (Fsp3) is 0.125. The first-order chi connectivity index (χ1) is 9.83. The fourth-order valence-electron chi connectivity index (χ4n) is 1.84. The van der Waals surface area contributed by atoms with Crippen molar-refractivity contribution in [3.63, 3.8) is 0 Å². The summed E-state index contributed by atoms with van der Waals surface area (Å²) >= 11 is 3.16. The van der Waals surface area contributed by atoms with E-state index in [4.69, 9.17) is 0 Å². The van der Waals surface area contributed by atoms with Crippen molar-refractivity contribution in [3.05, 3.63) is 76.3 Å². The van der Waals surface area contributed by atoms with Crippen LogP contribution < -0.4 is 0 Å². The van der Waals surface area contributed by atoms with Gasteiger partial charge in [0.2, 0.25) is 5.60 Å². The van der Waals surface area contributed by atoms with Gasteiger partial charge in [-0.05, 0) is 29.3 Å². The van der Waals surface area contributed by atoms with Gasteiger partial charge in [-0.3, -0.25) is 0 Å². The molecule has 1 atom stereocenters. The van der Waals surface area contributed by atoms with Gasteiger partial charge in [0.1, 0.15) is 0 Å². The standard InChI is InChI=1S/C16H12BrF3O/c17-14-8-6-13(7-9-14)15(21,16(18,19)20)11-10-12-4-2-1-3-5-12/h1-11,21H. The molecule has 0 fully saturated rings. The van der Waals surface area contributed by atoms with Crippen LogP contribution >= 0.6 is 15.9 Å². The first-order valence-corrected chi connectivity index (χ1v) is 6.92. The number of halogens is 4. The lowest BCUT2D eigenvalue weighted by molar-refractivity contribution is -0.244. The van der Waals surface area contributed by atoms with Gasteiger partial charge < -0.3 is 5.11 Å². The lowest BCUT2D eigenvalue weighted by atomic mass is 9.92. The molecule has 2 aromatic rings. The van der Waals surface area contributed by atoms with E-state index >= 15 is 0 Å². The van der Waals surface area contributed by atoms with Crippen molar-refractivity contribution in [3.8, 4) is 0 Å². The lowest BCUT2D eigenvalue weighted by Gasteiger charge is -2.28. The van der Waals surface area contributed by atoms with Crippen LogP contribution in [0.4, 0.5) is 13.2 Å². The molecule has 2 aromatic carbocycles. The zero-order valence-corrected chi connectivity index (χ0v) is 12.4. The lowest BCUT2D eigenvalue weighted by Crippen LogP contribution is -2.40. The zero-order valence-electron chi connectivity index (χ0n) is 10.8. The third-order valence-corrected chi connectivity index (χ3v) is 3.56. The number of rotatable bonds is 3. The number of hydrogen-bond acceptors (Lipinski definition) is 1. The molecule has 1 nitrogen and oxygen atoms in total. The van der Waals surface area contributed by atoms with Gasteiger partial charge in [-0.1, -0.05) is 64.5 Å². The average molecular weight is 357 g/mol. The van der Waals surface area contributed by atoms with Gasteiger partial charge in [-0.25, -0.2) is 0 Å². The second-order valence-electron chi connectivity index (χ2n) is 4.52. The Morgan fingerprint density at radius 1 is 0.905 bits per heavy atom. The van der Waals surface area contributed by atoms with Crippen LogP contribution in [-0.2, 0) is 5.60 Å². The Morgan fingerprint density at radius 3 is 2.00 bits per heavy atom. The highest BCUT2D eigenvalue weighted by Gasteiger charge is 2.53. The van der Waals surface area contributed by atoms with E-state index in [0.717, 1.165) is 6.08 Å². The quantitative estimate of drug-likeness (QED) is 0.828. The molecule has 0 aliphatic carbocycles. The summed E-state index contributed by atoms with van der Waals surface area (Å²) in [5.41, 5.74) is -2.67. The van der Waals surface area contributed by atoms with Crippen molar-refractivity contribution in [1.29, 1.82) is 0 Å². The summed E-state index contributed by atoms with van der Waals surface area (Å²) in [4.78, 5) is 0. The molecule has 2 rings (SSSR count). The van der Waals surface area contributed by atoms with Crippen molar-refractivity contribution in [1.82, 2.24) is 0 Å². The summed E-state index contributed by atoms with van der Waals surface area (Å²) < 4.78 is 40.5. The highest BCUT2D eigenvalue weighted by atomic mass is 79.9. The second kappa shape index (κ2) is 6.03. The number of aliphatic hydroxyl groups is 1. The third kappa shape index (κ3) is 3.54. The first kappa shape index (κ1) is 15.8. The summed E-state index contributed by atoms with van der Waals surface area (Å²) in [7, 11) is 0. The Kier molecular flexibility index (Phi) is 4.54. The minimum Gasteiger partial charge on any atom is -0.373 e. The predicted molar refractivity (Wildman–Crippen MR) is 79.6 cm³/mol. The van der Waals surface area contributed by atoms with Gasteiger partial charge in [0.25, 0.3) is 0 Å². The molecule has 0 amide bonds. The van der Waals surface area contributed by atoms with Gasteiger partial charge >= 0.3 is 6.18 Å². The van der Waals surface area contributed by atoms with Crippen LogP contribution in [0, 0.1) is 0 Å². The molecular weight excluding hydrogens is 345 g/mol. The summed E-state index contributed by atoms with van der Waals surface area (Å²) in [6.45, 7) is 0. The van der Waals surface area contributed by atoms with Crippen LogP contribution in [0.25, 0.3) is 6.08 Å². The van der Waals surface area contributed by atoms with Crippen molar-refractivity contribution in [2.24, 2.45) is 0 Å². The van der Waals surface area contributed by atoms with Crippen LogP contribution in [0.3, 0.4) is 0 Å². The maximum absolute atomic E-state index is 13.3. The molecule has 0 aliphatic heterocycles. The molecule has 5 heteroatoms.